The second kappa shape index (κ2) is 12.6. The van der Waals surface area contributed by atoms with Gasteiger partial charge in [0.25, 0.3) is 11.8 Å². The van der Waals surface area contributed by atoms with Crippen LogP contribution in [-0.4, -0.2) is 66.5 Å². The van der Waals surface area contributed by atoms with Crippen molar-refractivity contribution in [2.45, 2.75) is 25.0 Å². The second-order valence-electron chi connectivity index (χ2n) is 9.66. The van der Waals surface area contributed by atoms with Crippen LogP contribution in [0.3, 0.4) is 0 Å². The van der Waals surface area contributed by atoms with Gasteiger partial charge in [-0.2, -0.15) is 0 Å². The summed E-state index contributed by atoms with van der Waals surface area (Å²) in [5, 5.41) is 15.9. The van der Waals surface area contributed by atoms with Gasteiger partial charge in [-0.15, -0.1) is 0 Å². The van der Waals surface area contributed by atoms with E-state index in [1.54, 1.807) is 31.4 Å². The Hall–Kier alpha value is -4.48. The standard InChI is InChI=1S/C30H27ClFN3O7/c1-40-14-15-41-24-7-3-4-20-19(24)12-13-35(27(20)28(36)33-18-10-8-17(9-11-18)30(38)39)29(37)25-16-23(34-42-25)21-5-2-6-22(31)26(21)32/h2-11,25,27H,12-16H2,1H3,(H,33,36)(H,38,39)/t25-,27-/m1/s1. The van der Waals surface area contributed by atoms with E-state index in [2.05, 4.69) is 10.5 Å². The molecule has 0 saturated heterocycles. The third kappa shape index (κ3) is 5.93. The van der Waals surface area contributed by atoms with E-state index in [-0.39, 0.29) is 34.8 Å². The zero-order chi connectivity index (χ0) is 29.8. The number of hydrogen-bond acceptors (Lipinski definition) is 7. The lowest BCUT2D eigenvalue weighted by Gasteiger charge is -2.37. The van der Waals surface area contributed by atoms with Crippen molar-refractivity contribution in [2.75, 3.05) is 32.2 Å². The number of carboxylic acid groups (broad SMARTS) is 1. The SMILES string of the molecule is COCCOc1cccc2c1CCN(C(=O)[C@H]1CC(c3cccc(Cl)c3F)=NO1)[C@H]2C(=O)Nc1ccc(C(=O)O)cc1. The van der Waals surface area contributed by atoms with Crippen molar-refractivity contribution in [1.29, 1.82) is 0 Å². The zero-order valence-corrected chi connectivity index (χ0v) is 23.3. The molecule has 12 heteroatoms. The van der Waals surface area contributed by atoms with E-state index in [1.165, 1.54) is 41.3 Å². The molecule has 2 aliphatic heterocycles. The molecular weight excluding hydrogens is 569 g/mol. The van der Waals surface area contributed by atoms with Gasteiger partial charge in [-0.3, -0.25) is 9.59 Å². The Morgan fingerprint density at radius 3 is 2.62 bits per heavy atom. The van der Waals surface area contributed by atoms with Gasteiger partial charge < -0.3 is 29.6 Å². The lowest BCUT2D eigenvalue weighted by atomic mass is 9.90. The maximum absolute atomic E-state index is 14.6. The largest absolute Gasteiger partial charge is 0.491 e. The third-order valence-electron chi connectivity index (χ3n) is 7.06. The number of methoxy groups -OCH3 is 1. The molecule has 2 atom stereocenters. The van der Waals surface area contributed by atoms with Crippen LogP contribution >= 0.6 is 11.6 Å². The number of anilines is 1. The average molecular weight is 596 g/mol. The number of amides is 2. The normalized spacial score (nSPS) is 17.6. The van der Waals surface area contributed by atoms with Crippen molar-refractivity contribution in [3.05, 3.63) is 93.8 Å². The van der Waals surface area contributed by atoms with Crippen LogP contribution in [0, 0.1) is 5.82 Å². The molecule has 2 N–H and O–H groups in total. The van der Waals surface area contributed by atoms with Crippen LogP contribution in [0.25, 0.3) is 0 Å². The maximum Gasteiger partial charge on any atom is 0.335 e. The fraction of sp³-hybridized carbons (Fsp3) is 0.267. The predicted molar refractivity (Wildman–Crippen MR) is 151 cm³/mol. The van der Waals surface area contributed by atoms with E-state index < -0.39 is 35.7 Å². The topological polar surface area (TPSA) is 127 Å². The van der Waals surface area contributed by atoms with Gasteiger partial charge in [0.15, 0.2) is 5.82 Å². The highest BCUT2D eigenvalue weighted by molar-refractivity contribution is 6.31. The van der Waals surface area contributed by atoms with Crippen molar-refractivity contribution in [3.8, 4) is 5.75 Å². The molecule has 42 heavy (non-hydrogen) atoms. The number of carbonyl (C=O) groups is 3. The molecule has 0 spiro atoms. The Morgan fingerprint density at radius 1 is 1.12 bits per heavy atom. The minimum absolute atomic E-state index is 0.00931. The predicted octanol–water partition coefficient (Wildman–Crippen LogP) is 4.46. The molecule has 10 nitrogen and oxygen atoms in total. The fourth-order valence-corrected chi connectivity index (χ4v) is 5.19. The monoisotopic (exact) mass is 595 g/mol. The van der Waals surface area contributed by atoms with Gasteiger partial charge in [0.1, 0.15) is 18.4 Å². The fourth-order valence-electron chi connectivity index (χ4n) is 5.01. The summed E-state index contributed by atoms with van der Waals surface area (Å²) < 4.78 is 25.6. The highest BCUT2D eigenvalue weighted by Crippen LogP contribution is 2.37. The molecule has 3 aromatic rings. The lowest BCUT2D eigenvalue weighted by Crippen LogP contribution is -2.49. The van der Waals surface area contributed by atoms with Gasteiger partial charge in [0.2, 0.25) is 6.10 Å². The number of nitrogens with one attached hydrogen (secondary N) is 1. The Kier molecular flexibility index (Phi) is 8.69. The van der Waals surface area contributed by atoms with Crippen LogP contribution in [0.4, 0.5) is 10.1 Å². The molecule has 0 saturated carbocycles. The lowest BCUT2D eigenvalue weighted by molar-refractivity contribution is -0.148. The highest BCUT2D eigenvalue weighted by atomic mass is 35.5. The summed E-state index contributed by atoms with van der Waals surface area (Å²) in [5.74, 6) is -2.17. The molecule has 0 radical (unpaired) electrons. The number of carbonyl (C=O) groups excluding carboxylic acids is 2. The number of hydrogen-bond donors (Lipinski definition) is 2. The number of aromatic carboxylic acids is 1. The number of halogens is 2. The number of benzene rings is 3. The summed E-state index contributed by atoms with van der Waals surface area (Å²) in [5.41, 5.74) is 2.15. The minimum Gasteiger partial charge on any atom is -0.491 e. The first-order valence-corrected chi connectivity index (χ1v) is 13.5. The van der Waals surface area contributed by atoms with Crippen molar-refractivity contribution < 1.29 is 38.2 Å². The number of rotatable bonds is 9. The smallest absolute Gasteiger partial charge is 0.335 e. The van der Waals surface area contributed by atoms with Crippen LogP contribution in [0.2, 0.25) is 5.02 Å². The van der Waals surface area contributed by atoms with Crippen LogP contribution in [0.15, 0.2) is 65.8 Å². The van der Waals surface area contributed by atoms with Crippen LogP contribution in [-0.2, 0) is 25.6 Å². The number of oxime groups is 1. The van der Waals surface area contributed by atoms with Crippen LogP contribution in [0.5, 0.6) is 5.75 Å². The number of nitrogens with zero attached hydrogens (tertiary/aromatic N) is 2. The van der Waals surface area contributed by atoms with Crippen molar-refractivity contribution in [1.82, 2.24) is 4.90 Å². The first-order valence-electron chi connectivity index (χ1n) is 13.1. The van der Waals surface area contributed by atoms with E-state index in [9.17, 15) is 23.9 Å². The van der Waals surface area contributed by atoms with Crippen LogP contribution in [0.1, 0.15) is 39.5 Å². The molecule has 5 rings (SSSR count). The van der Waals surface area contributed by atoms with Gasteiger partial charge in [0.05, 0.1) is 22.9 Å². The molecule has 0 unspecified atom stereocenters. The quantitative estimate of drug-likeness (QED) is 0.350. The molecule has 0 fully saturated rings. The summed E-state index contributed by atoms with van der Waals surface area (Å²) in [7, 11) is 1.57. The van der Waals surface area contributed by atoms with Gasteiger partial charge in [-0.05, 0) is 54.4 Å². The number of carboxylic acids is 1. The van der Waals surface area contributed by atoms with Crippen molar-refractivity contribution >= 4 is 40.8 Å². The van der Waals surface area contributed by atoms with E-state index in [1.807, 2.05) is 0 Å². The Bertz CT molecular complexity index is 1550. The molecular formula is C30H27ClFN3O7. The Morgan fingerprint density at radius 2 is 1.88 bits per heavy atom. The highest BCUT2D eigenvalue weighted by Gasteiger charge is 2.42. The third-order valence-corrected chi connectivity index (χ3v) is 7.35. The summed E-state index contributed by atoms with van der Waals surface area (Å²) >= 11 is 5.92. The first kappa shape index (κ1) is 29.0. The molecule has 2 heterocycles. The summed E-state index contributed by atoms with van der Waals surface area (Å²) in [4.78, 5) is 45.7. The Labute approximate surface area is 245 Å². The van der Waals surface area contributed by atoms with E-state index in [0.717, 1.165) is 5.56 Å². The van der Waals surface area contributed by atoms with Gasteiger partial charge in [-0.25, -0.2) is 9.18 Å². The second-order valence-corrected chi connectivity index (χ2v) is 10.1. The summed E-state index contributed by atoms with van der Waals surface area (Å²) in [6.45, 7) is 0.852. The molecule has 3 aromatic carbocycles. The molecule has 0 aromatic heterocycles. The maximum atomic E-state index is 14.6. The summed E-state index contributed by atoms with van der Waals surface area (Å²) in [6, 6.07) is 14.4. The van der Waals surface area contributed by atoms with Crippen molar-refractivity contribution in [2.24, 2.45) is 5.16 Å². The molecule has 2 amide bonds. The summed E-state index contributed by atoms with van der Waals surface area (Å²) in [6.07, 6.45) is -0.679. The van der Waals surface area contributed by atoms with Gasteiger partial charge in [0, 0.05) is 36.9 Å². The molecule has 0 bridgehead atoms. The van der Waals surface area contributed by atoms with Gasteiger partial charge >= 0.3 is 5.97 Å². The number of ether oxygens (including phenoxy) is 2. The van der Waals surface area contributed by atoms with Crippen LogP contribution < -0.4 is 10.1 Å². The van der Waals surface area contributed by atoms with E-state index >= 15 is 0 Å². The zero-order valence-electron chi connectivity index (χ0n) is 22.5. The average Bonchev–Trinajstić information content (AvgIpc) is 3.48. The van der Waals surface area contributed by atoms with Crippen molar-refractivity contribution in [3.63, 3.8) is 0 Å². The van der Waals surface area contributed by atoms with Gasteiger partial charge in [-0.1, -0.05) is 35.0 Å². The molecule has 2 aliphatic rings. The first-order chi connectivity index (χ1) is 20.3. The molecule has 218 valence electrons. The number of fused-ring (bicyclic) bond motifs is 1. The minimum atomic E-state index is -1.09. The van der Waals surface area contributed by atoms with E-state index in [4.69, 9.17) is 25.9 Å². The molecule has 0 aliphatic carbocycles. The Balaban J connectivity index is 1.42. The van der Waals surface area contributed by atoms with E-state index in [0.29, 0.717) is 36.6 Å².